The highest BCUT2D eigenvalue weighted by Gasteiger charge is 2.28. The number of piperidine rings is 1. The number of nitrogens with zero attached hydrogens (tertiary/aromatic N) is 5. The third-order valence-electron chi connectivity index (χ3n) is 8.36. The summed E-state index contributed by atoms with van der Waals surface area (Å²) < 4.78 is 50.1. The van der Waals surface area contributed by atoms with Gasteiger partial charge in [0, 0.05) is 17.8 Å². The van der Waals surface area contributed by atoms with Crippen LogP contribution < -0.4 is 11.0 Å². The summed E-state index contributed by atoms with van der Waals surface area (Å²) in [5.41, 5.74) is 2.80. The number of nitrogens with one attached hydrogen (secondary N) is 1. The van der Waals surface area contributed by atoms with Crippen LogP contribution in [0.3, 0.4) is 0 Å². The number of imidazole rings is 1. The van der Waals surface area contributed by atoms with Gasteiger partial charge in [0.1, 0.15) is 5.82 Å². The van der Waals surface area contributed by atoms with Crippen LogP contribution in [0.1, 0.15) is 107 Å². The van der Waals surface area contributed by atoms with E-state index < -0.39 is 12.3 Å². The zero-order chi connectivity index (χ0) is 29.6. The van der Waals surface area contributed by atoms with Crippen LogP contribution in [-0.2, 0) is 6.54 Å². The number of unbranched alkanes of at least 4 members (excludes halogenated alkanes) is 4. The summed E-state index contributed by atoms with van der Waals surface area (Å²) in [6.07, 6.45) is 7.53. The van der Waals surface area contributed by atoms with Crippen molar-refractivity contribution in [3.05, 3.63) is 63.9 Å². The quantitative estimate of drug-likeness (QED) is 0.168. The highest BCUT2D eigenvalue weighted by Crippen LogP contribution is 2.36. The Hall–Kier alpha value is -3.47. The Labute approximate surface area is 243 Å². The van der Waals surface area contributed by atoms with E-state index in [4.69, 9.17) is 4.42 Å². The highest BCUT2D eigenvalue weighted by molar-refractivity contribution is 5.81. The lowest BCUT2D eigenvalue weighted by atomic mass is 9.89. The van der Waals surface area contributed by atoms with Crippen molar-refractivity contribution in [2.24, 2.45) is 0 Å². The van der Waals surface area contributed by atoms with E-state index in [1.165, 1.54) is 31.5 Å². The zero-order valence-electron chi connectivity index (χ0n) is 24.3. The van der Waals surface area contributed by atoms with Crippen molar-refractivity contribution in [1.82, 2.24) is 29.6 Å². The normalized spacial score (nSPS) is 15.2. The third-order valence-corrected chi connectivity index (χ3v) is 8.36. The van der Waals surface area contributed by atoms with Crippen molar-refractivity contribution in [3.63, 3.8) is 0 Å². The second-order valence-corrected chi connectivity index (χ2v) is 11.1. The first-order valence-corrected chi connectivity index (χ1v) is 15.1. The molecule has 0 radical (unpaired) electrons. The number of alkyl halides is 2. The number of benzene rings is 1. The first-order chi connectivity index (χ1) is 20.4. The average Bonchev–Trinajstić information content (AvgIpc) is 3.60. The minimum absolute atomic E-state index is 0.0123. The lowest BCUT2D eigenvalue weighted by molar-refractivity contribution is 0.116. The maximum absolute atomic E-state index is 15.8. The van der Waals surface area contributed by atoms with Gasteiger partial charge in [-0.25, -0.2) is 9.18 Å². The van der Waals surface area contributed by atoms with Crippen molar-refractivity contribution in [2.75, 3.05) is 13.1 Å². The molecule has 0 saturated carbocycles. The number of fused-ring (bicyclic) bond motifs is 1. The largest absolute Gasteiger partial charge is 0.415 e. The van der Waals surface area contributed by atoms with Crippen LogP contribution in [0, 0.1) is 5.82 Å². The standard InChI is InChI=1S/C31H39F3N6O2/c1-3-5-6-7-8-9-20(4-2)26-24(32)12-13-25-27(26)39(31(41)40(25)23-14-16-35-17-15-23)19-22-11-10-21(18-36-22)29-37-38-30(42-29)28(33)34/h10-13,18,20,23,28,35H,3-9,14-17,19H2,1-2H3. The van der Waals surface area contributed by atoms with Crippen molar-refractivity contribution in [3.8, 4) is 11.5 Å². The van der Waals surface area contributed by atoms with Crippen LogP contribution >= 0.6 is 0 Å². The second-order valence-electron chi connectivity index (χ2n) is 11.1. The molecule has 4 heterocycles. The summed E-state index contributed by atoms with van der Waals surface area (Å²) in [6, 6.07) is 6.63. The highest BCUT2D eigenvalue weighted by atomic mass is 19.3. The fraction of sp³-hybridized carbons (Fsp3) is 0.548. The monoisotopic (exact) mass is 584 g/mol. The van der Waals surface area contributed by atoms with Gasteiger partial charge in [0.05, 0.1) is 28.8 Å². The lowest BCUT2D eigenvalue weighted by Gasteiger charge is -2.24. The molecule has 1 aliphatic rings. The molecule has 4 aromatic rings. The maximum atomic E-state index is 15.8. The Bertz CT molecular complexity index is 1520. The van der Waals surface area contributed by atoms with Gasteiger partial charge in [-0.3, -0.25) is 14.1 Å². The first-order valence-electron chi connectivity index (χ1n) is 15.1. The molecule has 1 saturated heterocycles. The van der Waals surface area contributed by atoms with Crippen LogP contribution in [0.4, 0.5) is 13.2 Å². The Kier molecular flexibility index (Phi) is 9.76. The molecule has 1 fully saturated rings. The second kappa shape index (κ2) is 13.7. The maximum Gasteiger partial charge on any atom is 0.329 e. The Balaban J connectivity index is 1.54. The fourth-order valence-corrected chi connectivity index (χ4v) is 6.12. The SMILES string of the molecule is CCCCCCCC(CC)c1c(F)ccc2c1n(Cc1ccc(-c3nnc(C(F)F)o3)cn1)c(=O)n2C1CCNCC1. The number of aromatic nitrogens is 5. The van der Waals surface area contributed by atoms with Crippen LogP contribution in [0.5, 0.6) is 0 Å². The molecule has 226 valence electrons. The van der Waals surface area contributed by atoms with Gasteiger partial charge in [0.2, 0.25) is 5.89 Å². The van der Waals surface area contributed by atoms with Crippen LogP contribution in [0.15, 0.2) is 39.7 Å². The molecule has 0 spiro atoms. The predicted molar refractivity (Wildman–Crippen MR) is 155 cm³/mol. The molecule has 1 aromatic carbocycles. The Morgan fingerprint density at radius 2 is 1.83 bits per heavy atom. The van der Waals surface area contributed by atoms with Crippen molar-refractivity contribution >= 4 is 11.0 Å². The van der Waals surface area contributed by atoms with E-state index in [2.05, 4.69) is 34.3 Å². The first kappa shape index (κ1) is 30.0. The number of pyridine rings is 1. The van der Waals surface area contributed by atoms with Crippen molar-refractivity contribution in [1.29, 1.82) is 0 Å². The van der Waals surface area contributed by atoms with E-state index in [0.29, 0.717) is 22.3 Å². The zero-order valence-corrected chi connectivity index (χ0v) is 24.3. The lowest BCUT2D eigenvalue weighted by Crippen LogP contribution is -2.35. The molecule has 11 heteroatoms. The van der Waals surface area contributed by atoms with E-state index in [1.54, 1.807) is 22.8 Å². The average molecular weight is 585 g/mol. The van der Waals surface area contributed by atoms with E-state index in [0.717, 1.165) is 57.1 Å². The van der Waals surface area contributed by atoms with Gasteiger partial charge in [-0.15, -0.1) is 10.2 Å². The van der Waals surface area contributed by atoms with E-state index >= 15 is 4.39 Å². The molecule has 3 aromatic heterocycles. The minimum atomic E-state index is -2.86. The number of hydrogen-bond acceptors (Lipinski definition) is 6. The van der Waals surface area contributed by atoms with E-state index in [1.807, 2.05) is 4.57 Å². The molecule has 42 heavy (non-hydrogen) atoms. The minimum Gasteiger partial charge on any atom is -0.415 e. The smallest absolute Gasteiger partial charge is 0.329 e. The molecule has 1 atom stereocenters. The van der Waals surface area contributed by atoms with Gasteiger partial charge < -0.3 is 9.73 Å². The van der Waals surface area contributed by atoms with Gasteiger partial charge in [0.25, 0.3) is 5.89 Å². The van der Waals surface area contributed by atoms with Crippen LogP contribution in [-0.4, -0.2) is 37.4 Å². The van der Waals surface area contributed by atoms with E-state index in [9.17, 15) is 13.6 Å². The molecule has 0 bridgehead atoms. The topological polar surface area (TPSA) is 90.8 Å². The molecule has 1 N–H and O–H groups in total. The van der Waals surface area contributed by atoms with Crippen LogP contribution in [0.2, 0.25) is 0 Å². The molecule has 0 amide bonds. The number of halogens is 3. The Morgan fingerprint density at radius 3 is 2.50 bits per heavy atom. The molecule has 5 rings (SSSR count). The molecule has 1 unspecified atom stereocenters. The summed E-state index contributed by atoms with van der Waals surface area (Å²) in [5, 5.41) is 10.4. The fourth-order valence-electron chi connectivity index (χ4n) is 6.12. The summed E-state index contributed by atoms with van der Waals surface area (Å²) >= 11 is 0. The summed E-state index contributed by atoms with van der Waals surface area (Å²) in [4.78, 5) is 18.6. The van der Waals surface area contributed by atoms with Crippen molar-refractivity contribution < 1.29 is 17.6 Å². The molecular formula is C31H39F3N6O2. The summed E-state index contributed by atoms with van der Waals surface area (Å²) in [7, 11) is 0. The Morgan fingerprint density at radius 1 is 1.05 bits per heavy atom. The van der Waals surface area contributed by atoms with Crippen LogP contribution in [0.25, 0.3) is 22.5 Å². The molecule has 8 nitrogen and oxygen atoms in total. The van der Waals surface area contributed by atoms with Gasteiger partial charge >= 0.3 is 12.1 Å². The van der Waals surface area contributed by atoms with Crippen molar-refractivity contribution in [2.45, 2.75) is 96.6 Å². The number of hydrogen-bond donors (Lipinski definition) is 1. The van der Waals surface area contributed by atoms with Gasteiger partial charge in [0.15, 0.2) is 0 Å². The predicted octanol–water partition coefficient (Wildman–Crippen LogP) is 7.15. The molecule has 0 aliphatic carbocycles. The number of rotatable bonds is 13. The molecular weight excluding hydrogens is 545 g/mol. The summed E-state index contributed by atoms with van der Waals surface area (Å²) in [5.74, 6) is -1.11. The third kappa shape index (κ3) is 6.30. The summed E-state index contributed by atoms with van der Waals surface area (Å²) in [6.45, 7) is 6.05. The van der Waals surface area contributed by atoms with Gasteiger partial charge in [-0.1, -0.05) is 46.0 Å². The van der Waals surface area contributed by atoms with Gasteiger partial charge in [-0.05, 0) is 69.0 Å². The molecule has 1 aliphatic heterocycles. The van der Waals surface area contributed by atoms with Gasteiger partial charge in [-0.2, -0.15) is 8.78 Å². The van der Waals surface area contributed by atoms with E-state index in [-0.39, 0.29) is 35.9 Å².